The topological polar surface area (TPSA) is 104 Å². The number of aromatic nitrogens is 3. The van der Waals surface area contributed by atoms with Gasteiger partial charge in [0.05, 0.1) is 23.7 Å². The number of para-hydroxylation sites is 2. The molecule has 2 N–H and O–H groups in total. The minimum Gasteiger partial charge on any atom is -0.494 e. The van der Waals surface area contributed by atoms with E-state index in [1.165, 1.54) is 4.68 Å². The van der Waals surface area contributed by atoms with Crippen molar-refractivity contribution in [3.63, 3.8) is 0 Å². The van der Waals surface area contributed by atoms with E-state index in [1.807, 2.05) is 74.6 Å². The number of nitrogens with zero attached hydrogens (tertiary/aromatic N) is 4. The molecule has 0 unspecified atom stereocenters. The summed E-state index contributed by atoms with van der Waals surface area (Å²) >= 11 is 0. The molecular formula is C31H31N5O3. The van der Waals surface area contributed by atoms with Crippen molar-refractivity contribution < 1.29 is 9.53 Å². The van der Waals surface area contributed by atoms with Crippen LogP contribution < -0.4 is 16.0 Å². The number of hydrogen-bond donors (Lipinski definition) is 1. The number of amides is 1. The number of fused-ring (bicyclic) bond motifs is 2. The summed E-state index contributed by atoms with van der Waals surface area (Å²) in [6.45, 7) is 8.76. The number of carbonyl (C=O) groups is 1. The lowest BCUT2D eigenvalue weighted by atomic mass is 9.96. The Hall–Kier alpha value is -4.72. The third-order valence-electron chi connectivity index (χ3n) is 6.73. The second-order valence-electron chi connectivity index (χ2n) is 9.80. The number of primary amides is 1. The van der Waals surface area contributed by atoms with Gasteiger partial charge in [-0.3, -0.25) is 9.59 Å². The van der Waals surface area contributed by atoms with Gasteiger partial charge in [-0.1, -0.05) is 44.2 Å². The van der Waals surface area contributed by atoms with Crippen LogP contribution in [0, 0.1) is 6.92 Å². The average molecular weight is 522 g/mol. The van der Waals surface area contributed by atoms with Gasteiger partial charge in [0, 0.05) is 28.2 Å². The molecule has 0 bridgehead atoms. The second kappa shape index (κ2) is 10.6. The smallest absolute Gasteiger partial charge is 0.282 e. The monoisotopic (exact) mass is 521 g/mol. The standard InChI is InChI=1S/C31H31N5O3/c1-5-39-28-14-20(4)25(15-24(28)19(2)3)30-34-26-12-8-6-11-23(26)31(38)36(30)33-16-21-17-35(18-29(32)37)27-13-9-7-10-22(21)27/h6-17,19H,5,18H2,1-4H3,(H2,32,37). The Labute approximate surface area is 226 Å². The molecule has 0 spiro atoms. The van der Waals surface area contributed by atoms with Crippen molar-refractivity contribution in [1.29, 1.82) is 0 Å². The fourth-order valence-electron chi connectivity index (χ4n) is 4.87. The Morgan fingerprint density at radius 3 is 2.54 bits per heavy atom. The predicted octanol–water partition coefficient (Wildman–Crippen LogP) is 5.22. The van der Waals surface area contributed by atoms with Gasteiger partial charge in [0.2, 0.25) is 5.91 Å². The molecular weight excluding hydrogens is 490 g/mol. The maximum Gasteiger partial charge on any atom is 0.282 e. The fourth-order valence-corrected chi connectivity index (χ4v) is 4.87. The van der Waals surface area contributed by atoms with E-state index in [-0.39, 0.29) is 18.0 Å². The van der Waals surface area contributed by atoms with E-state index in [2.05, 4.69) is 18.9 Å². The summed E-state index contributed by atoms with van der Waals surface area (Å²) in [5, 5.41) is 6.04. The SMILES string of the molecule is CCOc1cc(C)c(-c2nc3ccccc3c(=O)n2N=Cc2cn(CC(N)=O)c3ccccc23)cc1C(C)C. The molecule has 8 nitrogen and oxygen atoms in total. The number of rotatable bonds is 8. The minimum atomic E-state index is -0.441. The van der Waals surface area contributed by atoms with E-state index in [9.17, 15) is 9.59 Å². The Morgan fingerprint density at radius 1 is 1.10 bits per heavy atom. The first-order valence-corrected chi connectivity index (χ1v) is 13.0. The summed E-state index contributed by atoms with van der Waals surface area (Å²) in [7, 11) is 0. The van der Waals surface area contributed by atoms with Crippen LogP contribution in [0.15, 0.2) is 76.8 Å². The maximum atomic E-state index is 13.8. The highest BCUT2D eigenvalue weighted by molar-refractivity contribution is 6.00. The molecule has 2 heterocycles. The normalized spacial score (nSPS) is 11.7. The minimum absolute atomic E-state index is 0.0421. The van der Waals surface area contributed by atoms with E-state index in [4.69, 9.17) is 15.5 Å². The van der Waals surface area contributed by atoms with Gasteiger partial charge in [0.1, 0.15) is 12.3 Å². The lowest BCUT2D eigenvalue weighted by Crippen LogP contribution is -2.21. The van der Waals surface area contributed by atoms with Crippen LogP contribution in [-0.4, -0.2) is 33.0 Å². The molecule has 5 aromatic rings. The molecule has 198 valence electrons. The van der Waals surface area contributed by atoms with Crippen LogP contribution in [0.5, 0.6) is 5.75 Å². The van der Waals surface area contributed by atoms with Crippen LogP contribution in [-0.2, 0) is 11.3 Å². The van der Waals surface area contributed by atoms with Gasteiger partial charge in [-0.15, -0.1) is 0 Å². The Morgan fingerprint density at radius 2 is 1.82 bits per heavy atom. The quantitative estimate of drug-likeness (QED) is 0.283. The van der Waals surface area contributed by atoms with Crippen LogP contribution in [0.25, 0.3) is 33.2 Å². The van der Waals surface area contributed by atoms with Gasteiger partial charge in [0.25, 0.3) is 5.56 Å². The van der Waals surface area contributed by atoms with Gasteiger partial charge in [-0.25, -0.2) is 4.98 Å². The van der Waals surface area contributed by atoms with E-state index in [0.717, 1.165) is 38.9 Å². The van der Waals surface area contributed by atoms with Crippen LogP contribution in [0.2, 0.25) is 0 Å². The summed E-state index contributed by atoms with van der Waals surface area (Å²) in [4.78, 5) is 30.3. The van der Waals surface area contributed by atoms with E-state index in [1.54, 1.807) is 16.8 Å². The summed E-state index contributed by atoms with van der Waals surface area (Å²) in [6.07, 6.45) is 3.45. The average Bonchev–Trinajstić information content (AvgIpc) is 3.25. The van der Waals surface area contributed by atoms with Gasteiger partial charge < -0.3 is 15.0 Å². The molecule has 5 rings (SSSR count). The van der Waals surface area contributed by atoms with Crippen molar-refractivity contribution in [2.24, 2.45) is 10.8 Å². The molecule has 0 atom stereocenters. The first-order valence-electron chi connectivity index (χ1n) is 13.0. The van der Waals surface area contributed by atoms with E-state index < -0.39 is 5.91 Å². The molecule has 0 saturated heterocycles. The van der Waals surface area contributed by atoms with Crippen LogP contribution >= 0.6 is 0 Å². The second-order valence-corrected chi connectivity index (χ2v) is 9.80. The number of carbonyl (C=O) groups excluding carboxylic acids is 1. The number of benzene rings is 3. The molecule has 0 fully saturated rings. The Kier molecular flexibility index (Phi) is 7.02. The lowest BCUT2D eigenvalue weighted by molar-refractivity contribution is -0.118. The van der Waals surface area contributed by atoms with Gasteiger partial charge >= 0.3 is 0 Å². The van der Waals surface area contributed by atoms with Crippen LogP contribution in [0.3, 0.4) is 0 Å². The van der Waals surface area contributed by atoms with E-state index >= 15 is 0 Å². The summed E-state index contributed by atoms with van der Waals surface area (Å²) in [5.74, 6) is 1.03. The highest BCUT2D eigenvalue weighted by Gasteiger charge is 2.19. The van der Waals surface area contributed by atoms with Gasteiger partial charge in [-0.05, 0) is 61.2 Å². The third kappa shape index (κ3) is 4.93. The zero-order valence-electron chi connectivity index (χ0n) is 22.5. The molecule has 2 aromatic heterocycles. The molecule has 39 heavy (non-hydrogen) atoms. The number of ether oxygens (including phenoxy) is 1. The molecule has 3 aromatic carbocycles. The molecule has 8 heteroatoms. The number of nitrogens with two attached hydrogens (primary N) is 1. The highest BCUT2D eigenvalue weighted by atomic mass is 16.5. The number of hydrogen-bond acceptors (Lipinski definition) is 5. The van der Waals surface area contributed by atoms with Crippen molar-refractivity contribution >= 4 is 33.9 Å². The summed E-state index contributed by atoms with van der Waals surface area (Å²) < 4.78 is 9.06. The first-order chi connectivity index (χ1) is 18.8. The predicted molar refractivity (Wildman–Crippen MR) is 156 cm³/mol. The van der Waals surface area contributed by atoms with Crippen molar-refractivity contribution in [3.8, 4) is 17.1 Å². The third-order valence-corrected chi connectivity index (χ3v) is 6.73. The molecule has 0 aliphatic rings. The van der Waals surface area contributed by atoms with Gasteiger partial charge in [-0.2, -0.15) is 9.78 Å². The summed E-state index contributed by atoms with van der Waals surface area (Å²) in [6, 6.07) is 19.0. The van der Waals surface area contributed by atoms with Crippen molar-refractivity contribution in [3.05, 3.63) is 93.9 Å². The van der Waals surface area contributed by atoms with Gasteiger partial charge in [0.15, 0.2) is 5.82 Å². The largest absolute Gasteiger partial charge is 0.494 e. The molecule has 1 amide bonds. The van der Waals surface area contributed by atoms with Crippen molar-refractivity contribution in [2.45, 2.75) is 40.2 Å². The maximum absolute atomic E-state index is 13.8. The molecule has 0 aliphatic heterocycles. The zero-order chi connectivity index (χ0) is 27.7. The number of aryl methyl sites for hydroxylation is 1. The Balaban J connectivity index is 1.74. The first kappa shape index (κ1) is 25.9. The van der Waals surface area contributed by atoms with Crippen LogP contribution in [0.1, 0.15) is 43.4 Å². The van der Waals surface area contributed by atoms with Crippen molar-refractivity contribution in [1.82, 2.24) is 14.2 Å². The molecule has 0 aliphatic carbocycles. The zero-order valence-corrected chi connectivity index (χ0v) is 22.5. The lowest BCUT2D eigenvalue weighted by Gasteiger charge is -2.18. The molecule has 0 saturated carbocycles. The highest BCUT2D eigenvalue weighted by Crippen LogP contribution is 2.34. The van der Waals surface area contributed by atoms with E-state index in [0.29, 0.717) is 23.3 Å². The Bertz CT molecular complexity index is 1800. The molecule has 0 radical (unpaired) electrons. The fraction of sp³-hybridized carbons (Fsp3) is 0.226. The van der Waals surface area contributed by atoms with Crippen molar-refractivity contribution in [2.75, 3.05) is 6.61 Å². The van der Waals surface area contributed by atoms with Crippen LogP contribution in [0.4, 0.5) is 0 Å². The summed E-state index contributed by atoms with van der Waals surface area (Å²) in [5.41, 5.74) is 10.2.